The summed E-state index contributed by atoms with van der Waals surface area (Å²) in [7, 11) is 1.57. The van der Waals surface area contributed by atoms with E-state index in [0.29, 0.717) is 30.9 Å². The molecule has 0 amide bonds. The first kappa shape index (κ1) is 14.3. The van der Waals surface area contributed by atoms with E-state index in [4.69, 9.17) is 20.3 Å². The van der Waals surface area contributed by atoms with E-state index < -0.39 is 11.5 Å². The number of ether oxygens (including phenoxy) is 2. The lowest BCUT2D eigenvalue weighted by Crippen LogP contribution is -2.44. The molecule has 0 radical (unpaired) electrons. The molecule has 0 aliphatic carbocycles. The van der Waals surface area contributed by atoms with Crippen LogP contribution in [0.4, 0.5) is 0 Å². The fourth-order valence-electron chi connectivity index (χ4n) is 1.47. The third-order valence-electron chi connectivity index (χ3n) is 2.66. The van der Waals surface area contributed by atoms with Crippen molar-refractivity contribution in [1.29, 1.82) is 0 Å². The van der Waals surface area contributed by atoms with Crippen molar-refractivity contribution in [2.75, 3.05) is 13.7 Å². The molecule has 0 aromatic heterocycles. The van der Waals surface area contributed by atoms with Crippen LogP contribution < -0.4 is 15.2 Å². The molecule has 0 spiro atoms. The number of carboxylic acid groups (broad SMARTS) is 1. The maximum Gasteiger partial charge on any atom is 0.323 e. The summed E-state index contributed by atoms with van der Waals surface area (Å²) in [6.45, 7) is 1.90. The summed E-state index contributed by atoms with van der Waals surface area (Å²) in [6.07, 6.45) is 0.925. The van der Waals surface area contributed by atoms with Crippen LogP contribution in [-0.2, 0) is 4.79 Å². The summed E-state index contributed by atoms with van der Waals surface area (Å²) in [6, 6.07) is 7.31. The maximum absolute atomic E-state index is 10.8. The first-order chi connectivity index (χ1) is 8.47. The van der Waals surface area contributed by atoms with Crippen molar-refractivity contribution in [2.45, 2.75) is 25.3 Å². The van der Waals surface area contributed by atoms with Gasteiger partial charge < -0.3 is 20.3 Å². The Bertz CT molecular complexity index is 404. The minimum absolute atomic E-state index is 0.359. The first-order valence-corrected chi connectivity index (χ1v) is 5.75. The van der Waals surface area contributed by atoms with Gasteiger partial charge in [-0.05, 0) is 31.9 Å². The second-order valence-electron chi connectivity index (χ2n) is 4.33. The van der Waals surface area contributed by atoms with Crippen molar-refractivity contribution in [3.8, 4) is 11.5 Å². The number of hydrogen-bond donors (Lipinski definition) is 2. The molecule has 18 heavy (non-hydrogen) atoms. The Morgan fingerprint density at radius 2 is 2.00 bits per heavy atom. The Hall–Kier alpha value is -1.75. The highest BCUT2D eigenvalue weighted by Crippen LogP contribution is 2.26. The fourth-order valence-corrected chi connectivity index (χ4v) is 1.47. The zero-order chi connectivity index (χ0) is 13.6. The molecule has 1 rings (SSSR count). The lowest BCUT2D eigenvalue weighted by Gasteiger charge is -2.19. The largest absolute Gasteiger partial charge is 0.493 e. The maximum atomic E-state index is 10.8. The van der Waals surface area contributed by atoms with Crippen LogP contribution in [0.2, 0.25) is 0 Å². The lowest BCUT2D eigenvalue weighted by molar-refractivity contribution is -0.142. The average molecular weight is 253 g/mol. The number of benzene rings is 1. The van der Waals surface area contributed by atoms with E-state index in [1.165, 1.54) is 6.92 Å². The van der Waals surface area contributed by atoms with Crippen molar-refractivity contribution >= 4 is 5.97 Å². The molecule has 100 valence electrons. The summed E-state index contributed by atoms with van der Waals surface area (Å²) < 4.78 is 10.7. The molecule has 0 aliphatic heterocycles. The second-order valence-corrected chi connectivity index (χ2v) is 4.33. The quantitative estimate of drug-likeness (QED) is 0.722. The molecule has 1 atom stereocenters. The van der Waals surface area contributed by atoms with E-state index in [1.807, 2.05) is 12.1 Å². The zero-order valence-electron chi connectivity index (χ0n) is 10.7. The number of methoxy groups -OCH3 is 1. The summed E-state index contributed by atoms with van der Waals surface area (Å²) >= 11 is 0. The fraction of sp³-hybridized carbons (Fsp3) is 0.462. The third kappa shape index (κ3) is 3.92. The van der Waals surface area contributed by atoms with Gasteiger partial charge in [0.25, 0.3) is 0 Å². The molecule has 5 nitrogen and oxygen atoms in total. The van der Waals surface area contributed by atoms with Gasteiger partial charge in [0.05, 0.1) is 13.7 Å². The molecular weight excluding hydrogens is 234 g/mol. The Balaban J connectivity index is 2.41. The van der Waals surface area contributed by atoms with Crippen LogP contribution in [0.25, 0.3) is 0 Å². The Morgan fingerprint density at radius 1 is 1.39 bits per heavy atom. The monoisotopic (exact) mass is 253 g/mol. The standard InChI is InChI=1S/C13H19NO4/c1-13(14,12(15)16)8-5-9-18-11-7-4-3-6-10(11)17-2/h3-4,6-7H,5,8-9,14H2,1-2H3,(H,15,16). The normalized spacial score (nSPS) is 13.7. The molecule has 0 heterocycles. The summed E-state index contributed by atoms with van der Waals surface area (Å²) in [5, 5.41) is 8.85. The molecule has 0 saturated carbocycles. The lowest BCUT2D eigenvalue weighted by atomic mass is 9.98. The van der Waals surface area contributed by atoms with Crippen molar-refractivity contribution in [2.24, 2.45) is 5.73 Å². The Morgan fingerprint density at radius 3 is 2.56 bits per heavy atom. The topological polar surface area (TPSA) is 81.8 Å². The van der Waals surface area contributed by atoms with Gasteiger partial charge in [0.15, 0.2) is 11.5 Å². The van der Waals surface area contributed by atoms with Gasteiger partial charge in [0.2, 0.25) is 0 Å². The smallest absolute Gasteiger partial charge is 0.323 e. The third-order valence-corrected chi connectivity index (χ3v) is 2.66. The average Bonchev–Trinajstić information content (AvgIpc) is 2.35. The number of rotatable bonds is 7. The molecule has 0 aliphatic rings. The SMILES string of the molecule is COc1ccccc1OCCCC(C)(N)C(=O)O. The van der Waals surface area contributed by atoms with Crippen molar-refractivity contribution in [1.82, 2.24) is 0 Å². The molecule has 1 unspecified atom stereocenters. The molecule has 0 saturated heterocycles. The van der Waals surface area contributed by atoms with Crippen LogP contribution in [0.15, 0.2) is 24.3 Å². The number of hydrogen-bond acceptors (Lipinski definition) is 4. The molecular formula is C13H19NO4. The van der Waals surface area contributed by atoms with Crippen LogP contribution in [-0.4, -0.2) is 30.3 Å². The van der Waals surface area contributed by atoms with Gasteiger partial charge in [0.1, 0.15) is 5.54 Å². The highest BCUT2D eigenvalue weighted by atomic mass is 16.5. The highest BCUT2D eigenvalue weighted by Gasteiger charge is 2.26. The van der Waals surface area contributed by atoms with Crippen LogP contribution in [0.1, 0.15) is 19.8 Å². The van der Waals surface area contributed by atoms with Crippen molar-refractivity contribution < 1.29 is 19.4 Å². The summed E-state index contributed by atoms with van der Waals surface area (Å²) in [5.74, 6) is 0.306. The van der Waals surface area contributed by atoms with Gasteiger partial charge in [-0.1, -0.05) is 12.1 Å². The molecule has 5 heteroatoms. The molecule has 0 bridgehead atoms. The predicted molar refractivity (Wildman–Crippen MR) is 68.0 cm³/mol. The van der Waals surface area contributed by atoms with Crippen LogP contribution in [0.5, 0.6) is 11.5 Å². The van der Waals surface area contributed by atoms with Crippen LogP contribution in [0, 0.1) is 0 Å². The van der Waals surface area contributed by atoms with E-state index >= 15 is 0 Å². The Labute approximate surface area is 107 Å². The van der Waals surface area contributed by atoms with Crippen LogP contribution >= 0.6 is 0 Å². The number of carboxylic acids is 1. The van der Waals surface area contributed by atoms with Gasteiger partial charge in [-0.3, -0.25) is 4.79 Å². The van der Waals surface area contributed by atoms with E-state index in [9.17, 15) is 4.79 Å². The summed E-state index contributed by atoms with van der Waals surface area (Å²) in [4.78, 5) is 10.8. The molecule has 0 fully saturated rings. The minimum Gasteiger partial charge on any atom is -0.493 e. The second kappa shape index (κ2) is 6.26. The molecule has 3 N–H and O–H groups in total. The Kier molecular flexibility index (Phi) is 4.97. The van der Waals surface area contributed by atoms with E-state index in [-0.39, 0.29) is 0 Å². The van der Waals surface area contributed by atoms with E-state index in [0.717, 1.165) is 0 Å². The van der Waals surface area contributed by atoms with Gasteiger partial charge in [-0.25, -0.2) is 0 Å². The minimum atomic E-state index is -1.20. The van der Waals surface area contributed by atoms with Gasteiger partial charge >= 0.3 is 5.97 Å². The number of carbonyl (C=O) groups is 1. The molecule has 1 aromatic rings. The van der Waals surface area contributed by atoms with Gasteiger partial charge in [-0.15, -0.1) is 0 Å². The number of nitrogens with two attached hydrogens (primary N) is 1. The summed E-state index contributed by atoms with van der Waals surface area (Å²) in [5.41, 5.74) is 4.41. The predicted octanol–water partition coefficient (Wildman–Crippen LogP) is 1.66. The first-order valence-electron chi connectivity index (χ1n) is 5.75. The van der Waals surface area contributed by atoms with Crippen molar-refractivity contribution in [3.63, 3.8) is 0 Å². The molecule has 1 aromatic carbocycles. The zero-order valence-corrected chi connectivity index (χ0v) is 10.7. The van der Waals surface area contributed by atoms with Gasteiger partial charge in [0, 0.05) is 0 Å². The van der Waals surface area contributed by atoms with Crippen molar-refractivity contribution in [3.05, 3.63) is 24.3 Å². The number of aliphatic carboxylic acids is 1. The number of para-hydroxylation sites is 2. The van der Waals surface area contributed by atoms with E-state index in [1.54, 1.807) is 19.2 Å². The van der Waals surface area contributed by atoms with Gasteiger partial charge in [-0.2, -0.15) is 0 Å². The van der Waals surface area contributed by atoms with E-state index in [2.05, 4.69) is 0 Å². The highest BCUT2D eigenvalue weighted by molar-refractivity contribution is 5.77. The van der Waals surface area contributed by atoms with Crippen LogP contribution in [0.3, 0.4) is 0 Å².